The second-order valence-electron chi connectivity index (χ2n) is 5.42. The monoisotopic (exact) mass is 402 g/mol. The average Bonchev–Trinajstić information content (AvgIpc) is 2.91. The van der Waals surface area contributed by atoms with Crippen LogP contribution in [0.2, 0.25) is 0 Å². The summed E-state index contributed by atoms with van der Waals surface area (Å²) < 4.78 is 16.7. The van der Waals surface area contributed by atoms with Gasteiger partial charge in [0.2, 0.25) is 5.78 Å². The van der Waals surface area contributed by atoms with Crippen molar-refractivity contribution < 1.29 is 23.8 Å². The minimum absolute atomic E-state index is 0.183. The number of fused-ring (bicyclic) bond motifs is 1. The molecule has 0 unspecified atom stereocenters. The summed E-state index contributed by atoms with van der Waals surface area (Å²) in [4.78, 5) is 23.8. The molecule has 1 aliphatic rings. The Bertz CT molecular complexity index is 885. The van der Waals surface area contributed by atoms with Gasteiger partial charge in [-0.2, -0.15) is 0 Å². The Morgan fingerprint density at radius 1 is 1.28 bits per heavy atom. The number of ether oxygens (including phenoxy) is 3. The fraction of sp³-hybridized carbons (Fsp3) is 0.158. The minimum atomic E-state index is -0.480. The van der Waals surface area contributed by atoms with Gasteiger partial charge in [-0.1, -0.05) is 28.1 Å². The molecule has 0 spiro atoms. The topological polar surface area (TPSA) is 61.8 Å². The maximum Gasteiger partial charge on any atom is 0.343 e. The van der Waals surface area contributed by atoms with Crippen LogP contribution in [-0.4, -0.2) is 25.5 Å². The van der Waals surface area contributed by atoms with Gasteiger partial charge in [-0.05, 0) is 42.8 Å². The van der Waals surface area contributed by atoms with Crippen molar-refractivity contribution in [2.45, 2.75) is 6.92 Å². The molecule has 0 radical (unpaired) electrons. The third kappa shape index (κ3) is 3.58. The highest BCUT2D eigenvalue weighted by Gasteiger charge is 2.30. The fourth-order valence-electron chi connectivity index (χ4n) is 2.47. The van der Waals surface area contributed by atoms with Crippen molar-refractivity contribution >= 4 is 33.8 Å². The van der Waals surface area contributed by atoms with E-state index >= 15 is 0 Å². The van der Waals surface area contributed by atoms with E-state index in [-0.39, 0.29) is 18.1 Å². The van der Waals surface area contributed by atoms with Crippen LogP contribution in [0.25, 0.3) is 6.08 Å². The van der Waals surface area contributed by atoms with Crippen LogP contribution < -0.4 is 9.47 Å². The fourth-order valence-corrected chi connectivity index (χ4v) is 2.88. The maximum atomic E-state index is 12.5. The Morgan fingerprint density at radius 3 is 2.80 bits per heavy atom. The summed E-state index contributed by atoms with van der Waals surface area (Å²) in [6, 6.07) is 10.9. The molecule has 1 aliphatic heterocycles. The van der Waals surface area contributed by atoms with E-state index in [0.717, 1.165) is 10.0 Å². The normalized spacial score (nSPS) is 14.2. The van der Waals surface area contributed by atoms with Crippen molar-refractivity contribution in [2.24, 2.45) is 0 Å². The number of benzene rings is 2. The molecule has 0 atom stereocenters. The van der Waals surface area contributed by atoms with Crippen molar-refractivity contribution in [3.8, 4) is 11.5 Å². The van der Waals surface area contributed by atoms with Crippen molar-refractivity contribution in [3.05, 3.63) is 63.3 Å². The predicted octanol–water partition coefficient (Wildman–Crippen LogP) is 3.93. The number of methoxy groups -OCH3 is 1. The molecule has 0 N–H and O–H groups in total. The lowest BCUT2D eigenvalue weighted by molar-refractivity contribution is -0.142. The summed E-state index contributed by atoms with van der Waals surface area (Å²) in [6.45, 7) is 1.57. The number of esters is 1. The summed E-state index contributed by atoms with van der Waals surface area (Å²) in [6.07, 6.45) is 1.70. The van der Waals surface area contributed by atoms with Gasteiger partial charge in [-0.3, -0.25) is 4.79 Å². The standard InChI is InChI=1S/C19H15BrO5/c1-11-15(24-10-17(21)23-2)7-6-14-18(22)16(25-19(11)14)9-12-4-3-5-13(20)8-12/h3-9H,10H2,1-2H3/b16-9-. The molecule has 128 valence electrons. The van der Waals surface area contributed by atoms with E-state index in [1.165, 1.54) is 7.11 Å². The van der Waals surface area contributed by atoms with Crippen LogP contribution in [0.5, 0.6) is 11.5 Å². The third-order valence-corrected chi connectivity index (χ3v) is 4.25. The Balaban J connectivity index is 1.88. The SMILES string of the molecule is COC(=O)COc1ccc2c(c1C)O/C(=C\c1cccc(Br)c1)C2=O. The third-order valence-electron chi connectivity index (χ3n) is 3.76. The number of carbonyl (C=O) groups excluding carboxylic acids is 2. The van der Waals surface area contributed by atoms with E-state index < -0.39 is 5.97 Å². The van der Waals surface area contributed by atoms with Crippen LogP contribution in [0.1, 0.15) is 21.5 Å². The summed E-state index contributed by atoms with van der Waals surface area (Å²) >= 11 is 3.40. The van der Waals surface area contributed by atoms with Gasteiger partial charge in [-0.15, -0.1) is 0 Å². The van der Waals surface area contributed by atoms with E-state index in [2.05, 4.69) is 20.7 Å². The molecular formula is C19H15BrO5. The molecule has 0 aliphatic carbocycles. The number of hydrogen-bond acceptors (Lipinski definition) is 5. The second kappa shape index (κ2) is 7.11. The van der Waals surface area contributed by atoms with Crippen molar-refractivity contribution in [3.63, 3.8) is 0 Å². The molecule has 0 saturated heterocycles. The number of allylic oxidation sites excluding steroid dienone is 1. The zero-order valence-electron chi connectivity index (χ0n) is 13.7. The quantitative estimate of drug-likeness (QED) is 0.572. The lowest BCUT2D eigenvalue weighted by Gasteiger charge is -2.10. The Kier molecular flexibility index (Phi) is 4.90. The van der Waals surface area contributed by atoms with Crippen LogP contribution in [0, 0.1) is 6.92 Å². The molecule has 5 nitrogen and oxygen atoms in total. The molecule has 2 aromatic carbocycles. The Morgan fingerprint density at radius 2 is 2.08 bits per heavy atom. The van der Waals surface area contributed by atoms with Crippen LogP contribution >= 0.6 is 15.9 Å². The van der Waals surface area contributed by atoms with Crippen LogP contribution in [-0.2, 0) is 9.53 Å². The summed E-state index contributed by atoms with van der Waals surface area (Å²) in [5.74, 6) is 0.514. The highest BCUT2D eigenvalue weighted by Crippen LogP contribution is 2.39. The van der Waals surface area contributed by atoms with Gasteiger partial charge >= 0.3 is 5.97 Å². The lowest BCUT2D eigenvalue weighted by atomic mass is 10.1. The van der Waals surface area contributed by atoms with Gasteiger partial charge in [0.25, 0.3) is 0 Å². The largest absolute Gasteiger partial charge is 0.481 e. The molecule has 2 aromatic rings. The first-order valence-corrected chi connectivity index (χ1v) is 8.32. The first kappa shape index (κ1) is 17.2. The smallest absolute Gasteiger partial charge is 0.343 e. The molecule has 0 amide bonds. The summed E-state index contributed by atoms with van der Waals surface area (Å²) in [7, 11) is 1.29. The minimum Gasteiger partial charge on any atom is -0.481 e. The average molecular weight is 403 g/mol. The Labute approximate surface area is 153 Å². The molecule has 0 bridgehead atoms. The molecule has 0 aromatic heterocycles. The number of hydrogen-bond donors (Lipinski definition) is 0. The first-order chi connectivity index (χ1) is 12.0. The second-order valence-corrected chi connectivity index (χ2v) is 6.34. The highest BCUT2D eigenvalue weighted by molar-refractivity contribution is 9.10. The van der Waals surface area contributed by atoms with E-state index in [4.69, 9.17) is 9.47 Å². The van der Waals surface area contributed by atoms with Gasteiger partial charge in [-0.25, -0.2) is 4.79 Å². The zero-order chi connectivity index (χ0) is 18.0. The van der Waals surface area contributed by atoms with E-state index in [1.54, 1.807) is 25.1 Å². The van der Waals surface area contributed by atoms with Crippen molar-refractivity contribution in [2.75, 3.05) is 13.7 Å². The molecule has 0 saturated carbocycles. The van der Waals surface area contributed by atoms with E-state index in [1.807, 2.05) is 24.3 Å². The van der Waals surface area contributed by atoms with Crippen LogP contribution in [0.4, 0.5) is 0 Å². The summed E-state index contributed by atoms with van der Waals surface area (Å²) in [5.41, 5.74) is 1.99. The molecule has 6 heteroatoms. The maximum absolute atomic E-state index is 12.5. The zero-order valence-corrected chi connectivity index (χ0v) is 15.3. The molecule has 3 rings (SSSR count). The van der Waals surface area contributed by atoms with E-state index in [9.17, 15) is 9.59 Å². The highest BCUT2D eigenvalue weighted by atomic mass is 79.9. The molecule has 0 fully saturated rings. The number of ketones is 1. The molecular weight excluding hydrogens is 388 g/mol. The van der Waals surface area contributed by atoms with Gasteiger partial charge < -0.3 is 14.2 Å². The number of Topliss-reactive ketones (excluding diaryl/α,β-unsaturated/α-hetero) is 1. The predicted molar refractivity (Wildman–Crippen MR) is 95.8 cm³/mol. The van der Waals surface area contributed by atoms with Crippen molar-refractivity contribution in [1.82, 2.24) is 0 Å². The molecule has 25 heavy (non-hydrogen) atoms. The van der Waals surface area contributed by atoms with Gasteiger partial charge in [0.1, 0.15) is 11.5 Å². The number of carbonyl (C=O) groups is 2. The van der Waals surface area contributed by atoms with Crippen LogP contribution in [0.3, 0.4) is 0 Å². The van der Waals surface area contributed by atoms with Gasteiger partial charge in [0.15, 0.2) is 12.4 Å². The van der Waals surface area contributed by atoms with Crippen molar-refractivity contribution in [1.29, 1.82) is 0 Å². The number of rotatable bonds is 4. The summed E-state index contributed by atoms with van der Waals surface area (Å²) in [5, 5.41) is 0. The lowest BCUT2D eigenvalue weighted by Crippen LogP contribution is -2.13. The first-order valence-electron chi connectivity index (χ1n) is 7.52. The van der Waals surface area contributed by atoms with E-state index in [0.29, 0.717) is 22.6 Å². The Hall–Kier alpha value is -2.60. The van der Waals surface area contributed by atoms with Gasteiger partial charge in [0.05, 0.1) is 12.7 Å². The van der Waals surface area contributed by atoms with Crippen LogP contribution in [0.15, 0.2) is 46.6 Å². The number of halogens is 1. The molecule has 1 heterocycles. The van der Waals surface area contributed by atoms with Gasteiger partial charge in [0, 0.05) is 10.0 Å².